The minimum atomic E-state index is 0.754. The van der Waals surface area contributed by atoms with E-state index < -0.39 is 0 Å². The average molecular weight is 278 g/mol. The molecule has 0 aliphatic heterocycles. The smallest absolute Gasteiger partial charge is 0.161 e. The Morgan fingerprint density at radius 2 is 1.43 bits per heavy atom. The van der Waals surface area contributed by atoms with E-state index in [0.29, 0.717) is 0 Å². The molecule has 0 atom stereocenters. The molecule has 3 rings (SSSR count). The van der Waals surface area contributed by atoms with Crippen molar-refractivity contribution in [2.45, 2.75) is 6.92 Å². The van der Waals surface area contributed by atoms with Crippen molar-refractivity contribution < 1.29 is 9.47 Å². The van der Waals surface area contributed by atoms with E-state index in [1.165, 1.54) is 22.1 Å². The number of benzene rings is 3. The molecule has 0 amide bonds. The van der Waals surface area contributed by atoms with Crippen LogP contribution in [-0.4, -0.2) is 14.2 Å². The van der Waals surface area contributed by atoms with Gasteiger partial charge in [-0.25, -0.2) is 0 Å². The number of fused-ring (bicyclic) bond motifs is 1. The first kappa shape index (κ1) is 13.5. The van der Waals surface area contributed by atoms with Crippen LogP contribution in [0.5, 0.6) is 11.5 Å². The van der Waals surface area contributed by atoms with Gasteiger partial charge in [-0.3, -0.25) is 0 Å². The first-order valence-electron chi connectivity index (χ1n) is 6.94. The maximum absolute atomic E-state index is 5.43. The second-order valence-corrected chi connectivity index (χ2v) is 5.10. The minimum absolute atomic E-state index is 0.754. The van der Waals surface area contributed by atoms with Crippen molar-refractivity contribution in [1.29, 1.82) is 0 Å². The Hall–Kier alpha value is -2.48. The number of aryl methyl sites for hydroxylation is 1. The molecule has 0 spiro atoms. The largest absolute Gasteiger partial charge is 0.493 e. The zero-order chi connectivity index (χ0) is 14.8. The predicted octanol–water partition coefficient (Wildman–Crippen LogP) is 4.83. The Balaban J connectivity index is 2.26. The summed E-state index contributed by atoms with van der Waals surface area (Å²) in [6.45, 7) is 2.10. The highest BCUT2D eigenvalue weighted by Gasteiger charge is 2.09. The molecular formula is C19H18O2. The van der Waals surface area contributed by atoms with E-state index in [1.807, 2.05) is 12.1 Å². The van der Waals surface area contributed by atoms with Gasteiger partial charge in [0.2, 0.25) is 0 Å². The Morgan fingerprint density at radius 3 is 2.10 bits per heavy atom. The van der Waals surface area contributed by atoms with Gasteiger partial charge in [0.1, 0.15) is 0 Å². The van der Waals surface area contributed by atoms with Gasteiger partial charge in [0.15, 0.2) is 11.5 Å². The minimum Gasteiger partial charge on any atom is -0.493 e. The standard InChI is InChI=1S/C19H18O2/c1-13-7-9-14(10-8-13)16-6-4-5-15-11-18(20-2)19(21-3)12-17(15)16/h4-12H,1-3H3. The Kier molecular flexibility index (Phi) is 3.53. The number of ether oxygens (including phenoxy) is 2. The molecule has 0 unspecified atom stereocenters. The van der Waals surface area contributed by atoms with Crippen LogP contribution in [0.25, 0.3) is 21.9 Å². The van der Waals surface area contributed by atoms with Gasteiger partial charge in [0.25, 0.3) is 0 Å². The van der Waals surface area contributed by atoms with Crippen LogP contribution in [0.4, 0.5) is 0 Å². The summed E-state index contributed by atoms with van der Waals surface area (Å²) in [6.07, 6.45) is 0. The Bertz CT molecular complexity index is 773. The monoisotopic (exact) mass is 278 g/mol. The summed E-state index contributed by atoms with van der Waals surface area (Å²) in [5.41, 5.74) is 3.67. The summed E-state index contributed by atoms with van der Waals surface area (Å²) >= 11 is 0. The molecule has 0 saturated carbocycles. The molecule has 0 radical (unpaired) electrons. The predicted molar refractivity (Wildman–Crippen MR) is 87.2 cm³/mol. The summed E-state index contributed by atoms with van der Waals surface area (Å²) in [7, 11) is 3.33. The first-order valence-corrected chi connectivity index (χ1v) is 6.94. The molecule has 2 heteroatoms. The average Bonchev–Trinajstić information content (AvgIpc) is 2.53. The van der Waals surface area contributed by atoms with Crippen LogP contribution < -0.4 is 9.47 Å². The topological polar surface area (TPSA) is 18.5 Å². The highest BCUT2D eigenvalue weighted by atomic mass is 16.5. The van der Waals surface area contributed by atoms with Crippen LogP contribution >= 0.6 is 0 Å². The van der Waals surface area contributed by atoms with E-state index in [2.05, 4.69) is 49.4 Å². The third-order valence-electron chi connectivity index (χ3n) is 3.75. The van der Waals surface area contributed by atoms with Gasteiger partial charge in [0, 0.05) is 0 Å². The van der Waals surface area contributed by atoms with Crippen LogP contribution in [0.2, 0.25) is 0 Å². The van der Waals surface area contributed by atoms with Gasteiger partial charge in [-0.2, -0.15) is 0 Å². The van der Waals surface area contributed by atoms with E-state index in [1.54, 1.807) is 14.2 Å². The molecular weight excluding hydrogens is 260 g/mol. The number of hydrogen-bond acceptors (Lipinski definition) is 2. The molecule has 0 aliphatic rings. The van der Waals surface area contributed by atoms with Crippen LogP contribution in [0.1, 0.15) is 5.56 Å². The normalized spacial score (nSPS) is 10.6. The highest BCUT2D eigenvalue weighted by molar-refractivity contribution is 5.98. The third kappa shape index (κ3) is 2.45. The molecule has 2 nitrogen and oxygen atoms in total. The third-order valence-corrected chi connectivity index (χ3v) is 3.75. The van der Waals surface area contributed by atoms with E-state index >= 15 is 0 Å². The molecule has 21 heavy (non-hydrogen) atoms. The Morgan fingerprint density at radius 1 is 0.762 bits per heavy atom. The molecule has 0 bridgehead atoms. The second kappa shape index (κ2) is 5.49. The summed E-state index contributed by atoms with van der Waals surface area (Å²) in [5, 5.41) is 2.31. The second-order valence-electron chi connectivity index (χ2n) is 5.10. The quantitative estimate of drug-likeness (QED) is 0.683. The van der Waals surface area contributed by atoms with Crippen LogP contribution in [0.15, 0.2) is 54.6 Å². The van der Waals surface area contributed by atoms with E-state index in [-0.39, 0.29) is 0 Å². The van der Waals surface area contributed by atoms with Gasteiger partial charge in [-0.15, -0.1) is 0 Å². The van der Waals surface area contributed by atoms with Crippen LogP contribution in [-0.2, 0) is 0 Å². The maximum Gasteiger partial charge on any atom is 0.161 e. The molecule has 0 aromatic heterocycles. The zero-order valence-electron chi connectivity index (χ0n) is 12.5. The lowest BCUT2D eigenvalue weighted by Gasteiger charge is -2.12. The molecule has 0 heterocycles. The van der Waals surface area contributed by atoms with Crippen molar-refractivity contribution in [3.63, 3.8) is 0 Å². The lowest BCUT2D eigenvalue weighted by molar-refractivity contribution is 0.356. The molecule has 0 fully saturated rings. The summed E-state index contributed by atoms with van der Waals surface area (Å²) in [4.78, 5) is 0. The molecule has 3 aromatic carbocycles. The van der Waals surface area contributed by atoms with Crippen molar-refractivity contribution >= 4 is 10.8 Å². The van der Waals surface area contributed by atoms with Crippen molar-refractivity contribution in [1.82, 2.24) is 0 Å². The fraction of sp³-hybridized carbons (Fsp3) is 0.158. The van der Waals surface area contributed by atoms with Crippen molar-refractivity contribution in [3.8, 4) is 22.6 Å². The van der Waals surface area contributed by atoms with Gasteiger partial charge in [-0.05, 0) is 41.0 Å². The van der Waals surface area contributed by atoms with Crippen LogP contribution in [0.3, 0.4) is 0 Å². The molecule has 0 aliphatic carbocycles. The molecule has 0 N–H and O–H groups in total. The van der Waals surface area contributed by atoms with Gasteiger partial charge < -0.3 is 9.47 Å². The van der Waals surface area contributed by atoms with Crippen molar-refractivity contribution in [2.75, 3.05) is 14.2 Å². The van der Waals surface area contributed by atoms with Crippen molar-refractivity contribution in [3.05, 3.63) is 60.2 Å². The maximum atomic E-state index is 5.43. The molecule has 0 saturated heterocycles. The SMILES string of the molecule is COc1cc2cccc(-c3ccc(C)cc3)c2cc1OC. The van der Waals surface area contributed by atoms with E-state index in [4.69, 9.17) is 9.47 Å². The van der Waals surface area contributed by atoms with Gasteiger partial charge >= 0.3 is 0 Å². The zero-order valence-corrected chi connectivity index (χ0v) is 12.5. The fourth-order valence-corrected chi connectivity index (χ4v) is 2.59. The fourth-order valence-electron chi connectivity index (χ4n) is 2.59. The van der Waals surface area contributed by atoms with Crippen molar-refractivity contribution in [2.24, 2.45) is 0 Å². The highest BCUT2D eigenvalue weighted by Crippen LogP contribution is 2.36. The molecule has 3 aromatic rings. The summed E-state index contributed by atoms with van der Waals surface area (Å²) in [6, 6.07) is 18.9. The number of hydrogen-bond donors (Lipinski definition) is 0. The first-order chi connectivity index (χ1) is 10.2. The van der Waals surface area contributed by atoms with Crippen LogP contribution in [0, 0.1) is 6.92 Å². The lowest BCUT2D eigenvalue weighted by Crippen LogP contribution is -1.91. The van der Waals surface area contributed by atoms with Gasteiger partial charge in [-0.1, -0.05) is 48.0 Å². The Labute approximate surface area is 124 Å². The number of methoxy groups -OCH3 is 2. The molecule has 106 valence electrons. The lowest BCUT2D eigenvalue weighted by atomic mass is 9.97. The summed E-state index contributed by atoms with van der Waals surface area (Å²) in [5.74, 6) is 1.51. The van der Waals surface area contributed by atoms with E-state index in [0.717, 1.165) is 16.9 Å². The number of rotatable bonds is 3. The van der Waals surface area contributed by atoms with E-state index in [9.17, 15) is 0 Å². The van der Waals surface area contributed by atoms with Gasteiger partial charge in [0.05, 0.1) is 14.2 Å². The summed E-state index contributed by atoms with van der Waals surface area (Å²) < 4.78 is 10.8.